The van der Waals surface area contributed by atoms with Crippen LogP contribution in [0.15, 0.2) is 25.3 Å². The predicted molar refractivity (Wildman–Crippen MR) is 40.4 cm³/mol. The smallest absolute Gasteiger partial charge is 0.0648 e. The molecular formula is C8H14O. The van der Waals surface area contributed by atoms with E-state index in [0.29, 0.717) is 6.61 Å². The molecular weight excluding hydrogens is 112 g/mol. The van der Waals surface area contributed by atoms with Crippen molar-refractivity contribution in [2.45, 2.75) is 19.4 Å². The quantitative estimate of drug-likeness (QED) is 0.513. The Bertz CT molecular complexity index is 86.6. The molecule has 0 radical (unpaired) electrons. The van der Waals surface area contributed by atoms with Crippen LogP contribution in [-0.4, -0.2) is 12.7 Å². The van der Waals surface area contributed by atoms with Crippen LogP contribution in [-0.2, 0) is 4.74 Å². The molecule has 0 amide bonds. The van der Waals surface area contributed by atoms with Gasteiger partial charge in [0.25, 0.3) is 0 Å². The van der Waals surface area contributed by atoms with E-state index in [4.69, 9.17) is 4.74 Å². The third kappa shape index (κ3) is 5.31. The molecule has 0 saturated heterocycles. The van der Waals surface area contributed by atoms with Gasteiger partial charge in [-0.3, -0.25) is 0 Å². The van der Waals surface area contributed by atoms with Crippen LogP contribution in [0.5, 0.6) is 0 Å². The van der Waals surface area contributed by atoms with Crippen LogP contribution in [0.4, 0.5) is 0 Å². The highest BCUT2D eigenvalue weighted by molar-refractivity contribution is 4.72. The van der Waals surface area contributed by atoms with E-state index in [0.717, 1.165) is 6.42 Å². The SMILES string of the molecule is C=CCOC(C)CC=C. The van der Waals surface area contributed by atoms with Gasteiger partial charge in [-0.25, -0.2) is 0 Å². The van der Waals surface area contributed by atoms with Crippen molar-refractivity contribution in [1.82, 2.24) is 0 Å². The zero-order valence-corrected chi connectivity index (χ0v) is 5.97. The minimum atomic E-state index is 0.278. The first kappa shape index (κ1) is 8.44. The van der Waals surface area contributed by atoms with Crippen LogP contribution in [0.25, 0.3) is 0 Å². The van der Waals surface area contributed by atoms with Crippen molar-refractivity contribution in [3.8, 4) is 0 Å². The second kappa shape index (κ2) is 5.57. The maximum atomic E-state index is 5.24. The summed E-state index contributed by atoms with van der Waals surface area (Å²) < 4.78 is 5.24. The standard InChI is InChI=1S/C8H14O/c1-4-6-8(3)9-7-5-2/h4-5,8H,1-2,6-7H2,3H3. The average molecular weight is 126 g/mol. The Hall–Kier alpha value is -0.560. The van der Waals surface area contributed by atoms with Crippen LogP contribution in [0, 0.1) is 0 Å². The van der Waals surface area contributed by atoms with Gasteiger partial charge in [0.15, 0.2) is 0 Å². The number of hydrogen-bond donors (Lipinski definition) is 0. The van der Waals surface area contributed by atoms with Gasteiger partial charge in [-0.1, -0.05) is 12.2 Å². The molecule has 0 heterocycles. The highest BCUT2D eigenvalue weighted by atomic mass is 16.5. The molecule has 1 unspecified atom stereocenters. The fraction of sp³-hybridized carbons (Fsp3) is 0.500. The fourth-order valence-corrected chi connectivity index (χ4v) is 0.535. The summed E-state index contributed by atoms with van der Waals surface area (Å²) >= 11 is 0. The third-order valence-electron chi connectivity index (χ3n) is 0.997. The zero-order chi connectivity index (χ0) is 7.11. The van der Waals surface area contributed by atoms with E-state index in [1.807, 2.05) is 13.0 Å². The summed E-state index contributed by atoms with van der Waals surface area (Å²) in [6, 6.07) is 0. The van der Waals surface area contributed by atoms with Crippen molar-refractivity contribution in [2.24, 2.45) is 0 Å². The highest BCUT2D eigenvalue weighted by Gasteiger charge is 1.94. The van der Waals surface area contributed by atoms with Crippen molar-refractivity contribution in [1.29, 1.82) is 0 Å². The van der Waals surface area contributed by atoms with Crippen molar-refractivity contribution >= 4 is 0 Å². The maximum Gasteiger partial charge on any atom is 0.0648 e. The lowest BCUT2D eigenvalue weighted by Crippen LogP contribution is -2.05. The summed E-state index contributed by atoms with van der Waals surface area (Å²) in [4.78, 5) is 0. The lowest BCUT2D eigenvalue weighted by Gasteiger charge is -2.06. The topological polar surface area (TPSA) is 9.23 Å². The van der Waals surface area contributed by atoms with E-state index < -0.39 is 0 Å². The van der Waals surface area contributed by atoms with E-state index in [1.54, 1.807) is 6.08 Å². The largest absolute Gasteiger partial charge is 0.374 e. The summed E-state index contributed by atoms with van der Waals surface area (Å²) in [6.07, 6.45) is 4.79. The van der Waals surface area contributed by atoms with Crippen molar-refractivity contribution in [3.63, 3.8) is 0 Å². The molecule has 0 N–H and O–H groups in total. The predicted octanol–water partition coefficient (Wildman–Crippen LogP) is 2.15. The molecule has 0 fully saturated rings. The van der Waals surface area contributed by atoms with Gasteiger partial charge in [-0.15, -0.1) is 13.2 Å². The second-order valence-corrected chi connectivity index (χ2v) is 1.96. The van der Waals surface area contributed by atoms with Crippen molar-refractivity contribution < 1.29 is 4.74 Å². The van der Waals surface area contributed by atoms with Crippen LogP contribution in [0.3, 0.4) is 0 Å². The van der Waals surface area contributed by atoms with Gasteiger partial charge in [0, 0.05) is 0 Å². The molecule has 1 heteroatoms. The molecule has 0 aromatic heterocycles. The summed E-state index contributed by atoms with van der Waals surface area (Å²) in [5.74, 6) is 0. The zero-order valence-electron chi connectivity index (χ0n) is 5.97. The Labute approximate surface area is 57.0 Å². The molecule has 0 rings (SSSR count). The molecule has 52 valence electrons. The molecule has 9 heavy (non-hydrogen) atoms. The highest BCUT2D eigenvalue weighted by Crippen LogP contribution is 1.96. The summed E-state index contributed by atoms with van der Waals surface area (Å²) in [7, 11) is 0. The maximum absolute atomic E-state index is 5.24. The molecule has 0 saturated carbocycles. The fourth-order valence-electron chi connectivity index (χ4n) is 0.535. The average Bonchev–Trinajstić information content (AvgIpc) is 1.85. The molecule has 0 bridgehead atoms. The molecule has 0 aromatic rings. The van der Waals surface area contributed by atoms with Crippen LogP contribution in [0.1, 0.15) is 13.3 Å². The van der Waals surface area contributed by atoms with Gasteiger partial charge >= 0.3 is 0 Å². The molecule has 0 aliphatic rings. The van der Waals surface area contributed by atoms with E-state index in [2.05, 4.69) is 13.2 Å². The number of rotatable bonds is 5. The summed E-state index contributed by atoms with van der Waals surface area (Å²) in [5, 5.41) is 0. The van der Waals surface area contributed by atoms with Crippen LogP contribution < -0.4 is 0 Å². The first-order chi connectivity index (χ1) is 4.31. The Morgan fingerprint density at radius 1 is 1.44 bits per heavy atom. The van der Waals surface area contributed by atoms with Crippen LogP contribution in [0.2, 0.25) is 0 Å². The first-order valence-electron chi connectivity index (χ1n) is 3.14. The van der Waals surface area contributed by atoms with E-state index in [1.165, 1.54) is 0 Å². The van der Waals surface area contributed by atoms with Crippen LogP contribution >= 0.6 is 0 Å². The summed E-state index contributed by atoms with van der Waals surface area (Å²) in [6.45, 7) is 9.80. The molecule has 0 aliphatic carbocycles. The lowest BCUT2D eigenvalue weighted by molar-refractivity contribution is 0.0909. The molecule has 1 nitrogen and oxygen atoms in total. The van der Waals surface area contributed by atoms with E-state index >= 15 is 0 Å². The number of hydrogen-bond acceptors (Lipinski definition) is 1. The molecule has 0 spiro atoms. The van der Waals surface area contributed by atoms with Gasteiger partial charge < -0.3 is 4.74 Å². The van der Waals surface area contributed by atoms with Gasteiger partial charge in [-0.2, -0.15) is 0 Å². The van der Waals surface area contributed by atoms with E-state index in [9.17, 15) is 0 Å². The Balaban J connectivity index is 3.14. The lowest BCUT2D eigenvalue weighted by atomic mass is 10.3. The second-order valence-electron chi connectivity index (χ2n) is 1.96. The van der Waals surface area contributed by atoms with E-state index in [-0.39, 0.29) is 6.10 Å². The monoisotopic (exact) mass is 126 g/mol. The third-order valence-corrected chi connectivity index (χ3v) is 0.997. The van der Waals surface area contributed by atoms with Crippen molar-refractivity contribution in [2.75, 3.05) is 6.61 Å². The molecule has 0 aliphatic heterocycles. The minimum absolute atomic E-state index is 0.278. The Morgan fingerprint density at radius 2 is 2.11 bits per heavy atom. The minimum Gasteiger partial charge on any atom is -0.374 e. The Morgan fingerprint density at radius 3 is 2.56 bits per heavy atom. The summed E-state index contributed by atoms with van der Waals surface area (Å²) in [5.41, 5.74) is 0. The molecule has 1 atom stereocenters. The van der Waals surface area contributed by atoms with Gasteiger partial charge in [0.05, 0.1) is 12.7 Å². The van der Waals surface area contributed by atoms with Gasteiger partial charge in [0.1, 0.15) is 0 Å². The normalized spacial score (nSPS) is 12.6. The van der Waals surface area contributed by atoms with Gasteiger partial charge in [0.2, 0.25) is 0 Å². The first-order valence-corrected chi connectivity index (χ1v) is 3.14. The van der Waals surface area contributed by atoms with Crippen molar-refractivity contribution in [3.05, 3.63) is 25.3 Å². The molecule has 0 aromatic carbocycles. The number of ether oxygens (including phenoxy) is 1. The Kier molecular flexibility index (Phi) is 5.23. The van der Waals surface area contributed by atoms with Gasteiger partial charge in [-0.05, 0) is 13.3 Å².